The summed E-state index contributed by atoms with van der Waals surface area (Å²) in [6.07, 6.45) is 0. The fourth-order valence-electron chi connectivity index (χ4n) is 6.49. The Hall–Kier alpha value is -4.61. The molecule has 2 aliphatic heterocycles. The zero-order chi connectivity index (χ0) is 31.1. The number of nitro groups is 1. The molecule has 43 heavy (non-hydrogen) atoms. The molecule has 0 saturated carbocycles. The summed E-state index contributed by atoms with van der Waals surface area (Å²) in [5.41, 5.74) is -3.36. The second-order valence-electron chi connectivity index (χ2n) is 10.2. The van der Waals surface area contributed by atoms with E-state index in [1.807, 2.05) is 0 Å². The minimum absolute atomic E-state index is 0.127. The maximum atomic E-state index is 15.0. The van der Waals surface area contributed by atoms with Gasteiger partial charge in [-0.05, 0) is 48.7 Å². The Labute approximate surface area is 251 Å². The second kappa shape index (κ2) is 11.2. The Balaban J connectivity index is 1.94. The van der Waals surface area contributed by atoms with Gasteiger partial charge in [0, 0.05) is 36.0 Å². The summed E-state index contributed by atoms with van der Waals surface area (Å²) in [4.78, 5) is 68.4. The van der Waals surface area contributed by atoms with Crippen LogP contribution < -0.4 is 10.2 Å². The fraction of sp³-hybridized carbons (Fsp3) is 0.290. The Morgan fingerprint density at radius 3 is 2.02 bits per heavy atom. The minimum atomic E-state index is -2.48. The second-order valence-corrected chi connectivity index (χ2v) is 10.6. The molecule has 2 aliphatic rings. The summed E-state index contributed by atoms with van der Waals surface area (Å²) in [5.74, 6) is -4.61. The lowest BCUT2D eigenvalue weighted by molar-refractivity contribution is -0.384. The number of para-hydroxylation sites is 1. The first-order chi connectivity index (χ1) is 20.6. The van der Waals surface area contributed by atoms with Crippen LogP contribution >= 0.6 is 11.6 Å². The quantitative estimate of drug-likeness (QED) is 0.179. The standard InChI is InChI=1S/C31H28ClN3O8/c1-4-42-28(38)31(29(39)43-5-2)30(23-8-6-7-9-24(23)34(18(3)36)27(30)37)25(19-10-14-21(32)15-11-19)26(33-31)20-12-16-22(17-13-20)35(40)41/h6-17,25-26,33H,4-5H2,1-3H3. The summed E-state index contributed by atoms with van der Waals surface area (Å²) in [6.45, 7) is 4.09. The summed E-state index contributed by atoms with van der Waals surface area (Å²) in [6, 6.07) is 17.6. The van der Waals surface area contributed by atoms with Crippen LogP contribution in [0.1, 0.15) is 49.4 Å². The first kappa shape index (κ1) is 29.9. The molecule has 1 saturated heterocycles. The number of ether oxygens (including phenoxy) is 2. The third-order valence-corrected chi connectivity index (χ3v) is 8.30. The molecule has 2 amide bonds. The van der Waals surface area contributed by atoms with Gasteiger partial charge >= 0.3 is 11.9 Å². The van der Waals surface area contributed by atoms with E-state index in [0.29, 0.717) is 16.1 Å². The Kier molecular flexibility index (Phi) is 7.80. The third-order valence-electron chi connectivity index (χ3n) is 8.04. The van der Waals surface area contributed by atoms with Crippen LogP contribution in [0.3, 0.4) is 0 Å². The molecule has 1 fully saturated rings. The van der Waals surface area contributed by atoms with Crippen LogP contribution in [0.4, 0.5) is 11.4 Å². The van der Waals surface area contributed by atoms with Gasteiger partial charge in [-0.3, -0.25) is 25.0 Å². The largest absolute Gasteiger partial charge is 0.464 e. The summed E-state index contributed by atoms with van der Waals surface area (Å²) in [7, 11) is 0. The van der Waals surface area contributed by atoms with Crippen LogP contribution in [0.2, 0.25) is 5.02 Å². The number of nitro benzene ring substituents is 1. The smallest absolute Gasteiger partial charge is 0.339 e. The molecule has 0 aliphatic carbocycles. The molecule has 3 aromatic rings. The first-order valence-electron chi connectivity index (χ1n) is 13.6. The van der Waals surface area contributed by atoms with E-state index in [2.05, 4.69) is 5.32 Å². The molecule has 1 N–H and O–H groups in total. The lowest BCUT2D eigenvalue weighted by Gasteiger charge is -2.40. The van der Waals surface area contributed by atoms with Crippen molar-refractivity contribution >= 4 is 46.7 Å². The number of rotatable bonds is 7. The van der Waals surface area contributed by atoms with Crippen molar-refractivity contribution in [1.82, 2.24) is 5.32 Å². The van der Waals surface area contributed by atoms with Crippen molar-refractivity contribution in [2.24, 2.45) is 0 Å². The number of non-ortho nitro benzene ring substituents is 1. The highest BCUT2D eigenvalue weighted by atomic mass is 35.5. The molecule has 1 spiro atoms. The summed E-state index contributed by atoms with van der Waals surface area (Å²) < 4.78 is 11.0. The van der Waals surface area contributed by atoms with Crippen molar-refractivity contribution in [2.45, 2.75) is 43.7 Å². The number of fused-ring (bicyclic) bond motifs is 2. The van der Waals surface area contributed by atoms with Crippen LogP contribution in [0, 0.1) is 10.1 Å². The van der Waals surface area contributed by atoms with Gasteiger partial charge in [0.1, 0.15) is 5.41 Å². The Morgan fingerprint density at radius 2 is 1.49 bits per heavy atom. The monoisotopic (exact) mass is 605 g/mol. The molecular formula is C31H28ClN3O8. The summed E-state index contributed by atoms with van der Waals surface area (Å²) in [5, 5.41) is 15.0. The molecule has 2 heterocycles. The lowest BCUT2D eigenvalue weighted by Crippen LogP contribution is -2.70. The van der Waals surface area contributed by atoms with E-state index >= 15 is 0 Å². The molecule has 3 unspecified atom stereocenters. The zero-order valence-electron chi connectivity index (χ0n) is 23.5. The average Bonchev–Trinajstić information content (AvgIpc) is 3.45. The van der Waals surface area contributed by atoms with E-state index in [0.717, 1.165) is 4.90 Å². The van der Waals surface area contributed by atoms with Gasteiger partial charge in [0.25, 0.3) is 5.69 Å². The van der Waals surface area contributed by atoms with E-state index < -0.39 is 51.6 Å². The molecule has 3 atom stereocenters. The van der Waals surface area contributed by atoms with E-state index in [4.69, 9.17) is 21.1 Å². The van der Waals surface area contributed by atoms with Gasteiger partial charge < -0.3 is 9.47 Å². The van der Waals surface area contributed by atoms with Gasteiger partial charge in [0.2, 0.25) is 17.4 Å². The number of anilines is 1. The highest BCUT2D eigenvalue weighted by Gasteiger charge is 2.80. The number of amides is 2. The van der Waals surface area contributed by atoms with Crippen molar-refractivity contribution in [2.75, 3.05) is 18.1 Å². The number of carbonyl (C=O) groups is 4. The first-order valence-corrected chi connectivity index (χ1v) is 14.0. The predicted molar refractivity (Wildman–Crippen MR) is 155 cm³/mol. The van der Waals surface area contributed by atoms with Crippen molar-refractivity contribution < 1.29 is 33.6 Å². The van der Waals surface area contributed by atoms with Gasteiger partial charge in [-0.25, -0.2) is 14.5 Å². The maximum Gasteiger partial charge on any atom is 0.339 e. The highest BCUT2D eigenvalue weighted by molar-refractivity contribution is 6.30. The number of carbonyl (C=O) groups excluding carboxylic acids is 4. The normalized spacial score (nSPS) is 21.9. The number of nitrogens with one attached hydrogen (secondary N) is 1. The number of hydrogen-bond acceptors (Lipinski definition) is 9. The minimum Gasteiger partial charge on any atom is -0.464 e. The van der Waals surface area contributed by atoms with Crippen molar-refractivity contribution in [3.05, 3.63) is 105 Å². The SMILES string of the molecule is CCOC(=O)C1(C(=O)OCC)NC(c2ccc([N+](=O)[O-])cc2)C(c2ccc(Cl)cc2)C12C(=O)N(C(C)=O)c1ccccc12. The molecule has 3 aromatic carbocycles. The molecular weight excluding hydrogens is 578 g/mol. The lowest BCUT2D eigenvalue weighted by atomic mass is 9.58. The average molecular weight is 606 g/mol. The Morgan fingerprint density at radius 1 is 0.930 bits per heavy atom. The van der Waals surface area contributed by atoms with Crippen LogP contribution in [-0.2, 0) is 34.1 Å². The zero-order valence-corrected chi connectivity index (χ0v) is 24.3. The van der Waals surface area contributed by atoms with Gasteiger partial charge in [0.15, 0.2) is 0 Å². The van der Waals surface area contributed by atoms with Gasteiger partial charge in [-0.2, -0.15) is 0 Å². The predicted octanol–water partition coefficient (Wildman–Crippen LogP) is 4.37. The number of halogens is 1. The van der Waals surface area contributed by atoms with Crippen LogP contribution in [0.5, 0.6) is 0 Å². The third kappa shape index (κ3) is 4.30. The number of esters is 2. The molecule has 0 radical (unpaired) electrons. The topological polar surface area (TPSA) is 145 Å². The molecule has 0 aromatic heterocycles. The van der Waals surface area contributed by atoms with E-state index in [9.17, 15) is 29.3 Å². The van der Waals surface area contributed by atoms with E-state index in [1.54, 1.807) is 62.4 Å². The molecule has 222 valence electrons. The summed E-state index contributed by atoms with van der Waals surface area (Å²) >= 11 is 6.24. The van der Waals surface area contributed by atoms with Gasteiger partial charge in [0.05, 0.1) is 23.8 Å². The maximum absolute atomic E-state index is 15.0. The number of hydrogen-bond donors (Lipinski definition) is 1. The van der Waals surface area contributed by atoms with E-state index in [1.165, 1.54) is 31.2 Å². The molecule has 0 bridgehead atoms. The van der Waals surface area contributed by atoms with Crippen LogP contribution in [0.15, 0.2) is 72.8 Å². The highest BCUT2D eigenvalue weighted by Crippen LogP contribution is 2.64. The van der Waals surface area contributed by atoms with Gasteiger partial charge in [-0.1, -0.05) is 54.1 Å². The molecule has 5 rings (SSSR count). The fourth-order valence-corrected chi connectivity index (χ4v) is 6.61. The number of benzene rings is 3. The van der Waals surface area contributed by atoms with Crippen LogP contribution in [0.25, 0.3) is 0 Å². The Bertz CT molecular complexity index is 1610. The van der Waals surface area contributed by atoms with Crippen molar-refractivity contribution in [1.29, 1.82) is 0 Å². The number of imide groups is 1. The van der Waals surface area contributed by atoms with Crippen molar-refractivity contribution in [3.8, 4) is 0 Å². The van der Waals surface area contributed by atoms with Gasteiger partial charge in [-0.15, -0.1) is 0 Å². The molecule has 11 nitrogen and oxygen atoms in total. The van der Waals surface area contributed by atoms with E-state index in [-0.39, 0.29) is 30.2 Å². The molecule has 12 heteroatoms. The van der Waals surface area contributed by atoms with Crippen molar-refractivity contribution in [3.63, 3.8) is 0 Å². The number of nitrogens with zero attached hydrogens (tertiary/aromatic N) is 2. The van der Waals surface area contributed by atoms with Crippen LogP contribution in [-0.4, -0.2) is 47.4 Å².